The fourth-order valence-corrected chi connectivity index (χ4v) is 1.72. The second-order valence-electron chi connectivity index (χ2n) is 5.80. The average Bonchev–Trinajstić information content (AvgIpc) is 2.41. The first kappa shape index (κ1) is 18.0. The van der Waals surface area contributed by atoms with Gasteiger partial charge in [0.05, 0.1) is 25.7 Å². The van der Waals surface area contributed by atoms with Crippen LogP contribution in [0.4, 0.5) is 4.79 Å². The predicted octanol–water partition coefficient (Wildman–Crippen LogP) is 2.74. The van der Waals surface area contributed by atoms with Crippen LogP contribution in [0.1, 0.15) is 38.9 Å². The Bertz CT molecular complexity index is 481. The molecule has 0 bridgehead atoms. The van der Waals surface area contributed by atoms with Crippen LogP contribution in [-0.2, 0) is 14.3 Å². The minimum Gasteiger partial charge on any atom is -0.481 e. The van der Waals surface area contributed by atoms with Crippen LogP contribution in [0.2, 0.25) is 0 Å². The quantitative estimate of drug-likeness (QED) is 0.809. The van der Waals surface area contributed by atoms with Crippen LogP contribution in [0.25, 0.3) is 0 Å². The molecule has 0 saturated carbocycles. The molecule has 0 heterocycles. The monoisotopic (exact) mass is 309 g/mol. The maximum Gasteiger partial charge on any atom is 0.407 e. The number of amides is 1. The standard InChI is InChI=1S/C16H23NO5/c1-16(2,3)22-15(20)17-11-13(21-10-9-14(18)19)12-7-5-4-6-8-12/h4-8,13H,9-11H2,1-3H3,(H,17,20)(H,18,19)/t13-/m1/s1. The van der Waals surface area contributed by atoms with E-state index in [1.807, 2.05) is 30.3 Å². The number of ether oxygens (including phenoxy) is 2. The number of hydrogen-bond acceptors (Lipinski definition) is 4. The van der Waals surface area contributed by atoms with E-state index in [0.29, 0.717) is 0 Å². The second-order valence-corrected chi connectivity index (χ2v) is 5.80. The Morgan fingerprint density at radius 1 is 1.23 bits per heavy atom. The van der Waals surface area contributed by atoms with Gasteiger partial charge in [-0.15, -0.1) is 0 Å². The van der Waals surface area contributed by atoms with E-state index in [-0.39, 0.29) is 19.6 Å². The van der Waals surface area contributed by atoms with Crippen LogP contribution in [0, 0.1) is 0 Å². The summed E-state index contributed by atoms with van der Waals surface area (Å²) in [4.78, 5) is 22.3. The summed E-state index contributed by atoms with van der Waals surface area (Å²) in [6.45, 7) is 5.63. The third kappa shape index (κ3) is 7.64. The van der Waals surface area contributed by atoms with Crippen molar-refractivity contribution in [3.63, 3.8) is 0 Å². The van der Waals surface area contributed by atoms with E-state index in [2.05, 4.69) is 5.32 Å². The zero-order chi connectivity index (χ0) is 16.6. The third-order valence-corrected chi connectivity index (χ3v) is 2.64. The Balaban J connectivity index is 2.58. The van der Waals surface area contributed by atoms with Gasteiger partial charge in [-0.2, -0.15) is 0 Å². The molecule has 1 atom stereocenters. The fourth-order valence-electron chi connectivity index (χ4n) is 1.72. The summed E-state index contributed by atoms with van der Waals surface area (Å²) in [6, 6.07) is 9.32. The molecule has 0 unspecified atom stereocenters. The van der Waals surface area contributed by atoms with Gasteiger partial charge in [0.2, 0.25) is 0 Å². The van der Waals surface area contributed by atoms with Crippen molar-refractivity contribution in [2.45, 2.75) is 38.9 Å². The number of rotatable bonds is 7. The molecule has 22 heavy (non-hydrogen) atoms. The molecule has 2 N–H and O–H groups in total. The minimum atomic E-state index is -0.924. The molecule has 1 rings (SSSR count). The van der Waals surface area contributed by atoms with Gasteiger partial charge in [-0.3, -0.25) is 4.79 Å². The summed E-state index contributed by atoms with van der Waals surface area (Å²) in [5.41, 5.74) is 0.292. The number of carbonyl (C=O) groups is 2. The zero-order valence-corrected chi connectivity index (χ0v) is 13.2. The SMILES string of the molecule is CC(C)(C)OC(=O)NC[C@@H](OCCC(=O)O)c1ccccc1. The Morgan fingerprint density at radius 2 is 1.86 bits per heavy atom. The molecule has 122 valence electrons. The second kappa shape index (κ2) is 8.38. The van der Waals surface area contributed by atoms with Crippen molar-refractivity contribution in [2.24, 2.45) is 0 Å². The van der Waals surface area contributed by atoms with Crippen LogP contribution in [0.3, 0.4) is 0 Å². The minimum absolute atomic E-state index is 0.0743. The Hall–Kier alpha value is -2.08. The van der Waals surface area contributed by atoms with E-state index in [1.165, 1.54) is 0 Å². The summed E-state index contributed by atoms with van der Waals surface area (Å²) in [5, 5.41) is 11.3. The highest BCUT2D eigenvalue weighted by Gasteiger charge is 2.18. The highest BCUT2D eigenvalue weighted by atomic mass is 16.6. The number of nitrogens with one attached hydrogen (secondary N) is 1. The Kier molecular flexibility index (Phi) is 6.85. The van der Waals surface area contributed by atoms with Crippen molar-refractivity contribution in [3.05, 3.63) is 35.9 Å². The Labute approximate surface area is 130 Å². The smallest absolute Gasteiger partial charge is 0.407 e. The maximum absolute atomic E-state index is 11.7. The molecular weight excluding hydrogens is 286 g/mol. The van der Waals surface area contributed by atoms with Crippen molar-refractivity contribution in [2.75, 3.05) is 13.2 Å². The topological polar surface area (TPSA) is 84.9 Å². The van der Waals surface area contributed by atoms with Crippen LogP contribution in [0.15, 0.2) is 30.3 Å². The fraction of sp³-hybridized carbons (Fsp3) is 0.500. The van der Waals surface area contributed by atoms with Gasteiger partial charge < -0.3 is 19.9 Å². The summed E-state index contributed by atoms with van der Waals surface area (Å²) in [7, 11) is 0. The van der Waals surface area contributed by atoms with Crippen molar-refractivity contribution in [3.8, 4) is 0 Å². The van der Waals surface area contributed by atoms with E-state index < -0.39 is 23.8 Å². The number of carboxylic acids is 1. The first-order chi connectivity index (χ1) is 10.3. The van der Waals surface area contributed by atoms with Crippen molar-refractivity contribution < 1.29 is 24.2 Å². The maximum atomic E-state index is 11.7. The number of aliphatic carboxylic acids is 1. The van der Waals surface area contributed by atoms with Gasteiger partial charge in [0.25, 0.3) is 0 Å². The lowest BCUT2D eigenvalue weighted by Crippen LogP contribution is -2.35. The lowest BCUT2D eigenvalue weighted by molar-refractivity contribution is -0.138. The highest BCUT2D eigenvalue weighted by molar-refractivity contribution is 5.67. The molecule has 6 heteroatoms. The van der Waals surface area contributed by atoms with Crippen LogP contribution >= 0.6 is 0 Å². The number of carbonyl (C=O) groups excluding carboxylic acids is 1. The van der Waals surface area contributed by atoms with Crippen molar-refractivity contribution in [1.82, 2.24) is 5.32 Å². The number of alkyl carbamates (subject to hydrolysis) is 1. The normalized spacial score (nSPS) is 12.5. The number of carboxylic acid groups (broad SMARTS) is 1. The summed E-state index contributed by atoms with van der Waals surface area (Å²) >= 11 is 0. The lowest BCUT2D eigenvalue weighted by atomic mass is 10.1. The van der Waals surface area contributed by atoms with Gasteiger partial charge in [-0.05, 0) is 26.3 Å². The van der Waals surface area contributed by atoms with Crippen LogP contribution in [-0.4, -0.2) is 35.9 Å². The van der Waals surface area contributed by atoms with E-state index in [1.54, 1.807) is 20.8 Å². The Morgan fingerprint density at radius 3 is 2.41 bits per heavy atom. The van der Waals surface area contributed by atoms with E-state index in [0.717, 1.165) is 5.56 Å². The molecule has 1 amide bonds. The first-order valence-electron chi connectivity index (χ1n) is 7.13. The molecule has 0 fully saturated rings. The van der Waals surface area contributed by atoms with Gasteiger partial charge in [0.15, 0.2) is 0 Å². The largest absolute Gasteiger partial charge is 0.481 e. The molecule has 0 spiro atoms. The summed E-state index contributed by atoms with van der Waals surface area (Å²) in [6.07, 6.45) is -1.04. The van der Waals surface area contributed by atoms with Gasteiger partial charge in [-0.1, -0.05) is 30.3 Å². The summed E-state index contributed by atoms with van der Waals surface area (Å²) in [5.74, 6) is -0.924. The molecule has 0 radical (unpaired) electrons. The predicted molar refractivity (Wildman–Crippen MR) is 81.6 cm³/mol. The highest BCUT2D eigenvalue weighted by Crippen LogP contribution is 2.17. The summed E-state index contributed by atoms with van der Waals surface area (Å²) < 4.78 is 10.7. The van der Waals surface area contributed by atoms with Gasteiger partial charge in [0.1, 0.15) is 5.60 Å². The van der Waals surface area contributed by atoms with Gasteiger partial charge in [0, 0.05) is 0 Å². The average molecular weight is 309 g/mol. The third-order valence-electron chi connectivity index (χ3n) is 2.64. The van der Waals surface area contributed by atoms with E-state index >= 15 is 0 Å². The molecule has 0 aliphatic rings. The lowest BCUT2D eigenvalue weighted by Gasteiger charge is -2.22. The molecule has 1 aromatic carbocycles. The van der Waals surface area contributed by atoms with E-state index in [4.69, 9.17) is 14.6 Å². The number of hydrogen-bond donors (Lipinski definition) is 2. The van der Waals surface area contributed by atoms with Crippen LogP contribution in [0.5, 0.6) is 0 Å². The molecule has 0 aromatic heterocycles. The van der Waals surface area contributed by atoms with Gasteiger partial charge >= 0.3 is 12.1 Å². The van der Waals surface area contributed by atoms with Gasteiger partial charge in [-0.25, -0.2) is 4.79 Å². The van der Waals surface area contributed by atoms with Crippen molar-refractivity contribution in [1.29, 1.82) is 0 Å². The molecule has 0 saturated heterocycles. The first-order valence-corrected chi connectivity index (χ1v) is 7.13. The molecule has 0 aliphatic heterocycles. The van der Waals surface area contributed by atoms with Crippen LogP contribution < -0.4 is 5.32 Å². The zero-order valence-electron chi connectivity index (χ0n) is 13.2. The molecule has 0 aliphatic carbocycles. The molecule has 6 nitrogen and oxygen atoms in total. The van der Waals surface area contributed by atoms with Crippen molar-refractivity contribution >= 4 is 12.1 Å². The van der Waals surface area contributed by atoms with E-state index in [9.17, 15) is 9.59 Å². The number of benzene rings is 1. The molecule has 1 aromatic rings. The molecular formula is C16H23NO5.